The van der Waals surface area contributed by atoms with Crippen LogP contribution in [0, 0.1) is 5.92 Å². The van der Waals surface area contributed by atoms with Crippen molar-refractivity contribution in [1.82, 2.24) is 10.2 Å². The molecule has 2 rings (SSSR count). The van der Waals surface area contributed by atoms with Crippen LogP contribution >= 0.6 is 0 Å². The van der Waals surface area contributed by atoms with Gasteiger partial charge in [-0.05, 0) is 31.6 Å². The van der Waals surface area contributed by atoms with Gasteiger partial charge in [-0.2, -0.15) is 0 Å². The molecule has 1 saturated heterocycles. The maximum atomic E-state index is 12.0. The van der Waals surface area contributed by atoms with E-state index in [2.05, 4.69) is 5.32 Å². The molecule has 2 N–H and O–H groups in total. The predicted molar refractivity (Wildman–Crippen MR) is 66.6 cm³/mol. The molecule has 4 nitrogen and oxygen atoms in total. The molecule has 0 aromatic heterocycles. The van der Waals surface area contributed by atoms with Crippen molar-refractivity contribution in [2.45, 2.75) is 44.6 Å². The molecule has 2 aliphatic rings. The van der Waals surface area contributed by atoms with E-state index in [0.717, 1.165) is 25.9 Å². The van der Waals surface area contributed by atoms with Crippen molar-refractivity contribution >= 4 is 5.91 Å². The third-order valence-electron chi connectivity index (χ3n) is 4.03. The van der Waals surface area contributed by atoms with E-state index in [1.54, 1.807) is 0 Å². The molecular formula is C13H24N2O2. The number of nitrogens with zero attached hydrogens (tertiary/aromatic N) is 1. The van der Waals surface area contributed by atoms with Gasteiger partial charge >= 0.3 is 0 Å². The maximum absolute atomic E-state index is 12.0. The molecular weight excluding hydrogens is 216 g/mol. The van der Waals surface area contributed by atoms with Crippen LogP contribution < -0.4 is 5.32 Å². The summed E-state index contributed by atoms with van der Waals surface area (Å²) in [7, 11) is 0. The lowest BCUT2D eigenvalue weighted by Crippen LogP contribution is -2.46. The molecule has 0 aromatic rings. The second kappa shape index (κ2) is 6.36. The van der Waals surface area contributed by atoms with Crippen LogP contribution in [0.4, 0.5) is 0 Å². The molecule has 17 heavy (non-hydrogen) atoms. The Morgan fingerprint density at radius 2 is 2.00 bits per heavy atom. The molecule has 0 radical (unpaired) electrons. The number of hydrogen-bond donors (Lipinski definition) is 2. The van der Waals surface area contributed by atoms with Crippen molar-refractivity contribution in [2.75, 3.05) is 26.2 Å². The summed E-state index contributed by atoms with van der Waals surface area (Å²) in [6.45, 7) is 2.28. The largest absolute Gasteiger partial charge is 0.396 e. The van der Waals surface area contributed by atoms with Crippen LogP contribution in [-0.4, -0.2) is 48.2 Å². The number of amides is 1. The highest BCUT2D eigenvalue weighted by atomic mass is 16.3. The number of aliphatic hydroxyl groups is 1. The predicted octanol–water partition coefficient (Wildman–Crippen LogP) is 0.749. The van der Waals surface area contributed by atoms with Gasteiger partial charge in [0, 0.05) is 25.7 Å². The highest BCUT2D eigenvalue weighted by Crippen LogP contribution is 2.18. The lowest BCUT2D eigenvalue weighted by Gasteiger charge is -2.32. The van der Waals surface area contributed by atoms with Gasteiger partial charge in [-0.3, -0.25) is 4.79 Å². The number of hydrogen-bond acceptors (Lipinski definition) is 3. The Bertz CT molecular complexity index is 252. The molecule has 1 heterocycles. The summed E-state index contributed by atoms with van der Waals surface area (Å²) in [6, 6.07) is 0.553. The first-order valence-electron chi connectivity index (χ1n) is 6.91. The minimum absolute atomic E-state index is 0.204. The van der Waals surface area contributed by atoms with Crippen LogP contribution in [0.3, 0.4) is 0 Å². The van der Waals surface area contributed by atoms with Gasteiger partial charge < -0.3 is 15.3 Å². The Morgan fingerprint density at radius 1 is 1.24 bits per heavy atom. The Kier molecular flexibility index (Phi) is 4.80. The van der Waals surface area contributed by atoms with Gasteiger partial charge in [0.05, 0.1) is 6.54 Å². The van der Waals surface area contributed by atoms with E-state index in [4.69, 9.17) is 5.11 Å². The minimum Gasteiger partial charge on any atom is -0.396 e. The lowest BCUT2D eigenvalue weighted by molar-refractivity contribution is -0.132. The smallest absolute Gasteiger partial charge is 0.236 e. The Labute approximate surface area is 103 Å². The molecule has 0 bridgehead atoms. The van der Waals surface area contributed by atoms with Crippen molar-refractivity contribution in [1.29, 1.82) is 0 Å². The molecule has 4 heteroatoms. The van der Waals surface area contributed by atoms with Crippen molar-refractivity contribution in [3.8, 4) is 0 Å². The number of likely N-dealkylation sites (tertiary alicyclic amines) is 1. The van der Waals surface area contributed by atoms with Crippen LogP contribution in [0.2, 0.25) is 0 Å². The Balaban J connectivity index is 1.71. The number of aliphatic hydroxyl groups excluding tert-OH is 1. The zero-order valence-corrected chi connectivity index (χ0v) is 10.5. The number of carbonyl (C=O) groups is 1. The molecule has 1 saturated carbocycles. The monoisotopic (exact) mass is 240 g/mol. The number of carbonyl (C=O) groups excluding carboxylic acids is 1. The number of nitrogens with one attached hydrogen (secondary N) is 1. The summed E-state index contributed by atoms with van der Waals surface area (Å²) in [5, 5.41) is 12.5. The zero-order valence-electron chi connectivity index (χ0n) is 10.5. The number of piperidine rings is 1. The average molecular weight is 240 g/mol. The standard InChI is InChI=1S/C13H24N2O2/c16-10-11-4-3-7-15(9-11)13(17)8-14-12-5-1-2-6-12/h11-12,14,16H,1-10H2. The molecule has 2 fully saturated rings. The minimum atomic E-state index is 0.204. The third kappa shape index (κ3) is 3.68. The first-order valence-corrected chi connectivity index (χ1v) is 6.91. The van der Waals surface area contributed by atoms with Gasteiger partial charge in [-0.25, -0.2) is 0 Å². The fourth-order valence-corrected chi connectivity index (χ4v) is 2.91. The van der Waals surface area contributed by atoms with Crippen LogP contribution in [0.15, 0.2) is 0 Å². The van der Waals surface area contributed by atoms with Gasteiger partial charge in [0.2, 0.25) is 5.91 Å². The summed E-state index contributed by atoms with van der Waals surface area (Å²) in [4.78, 5) is 13.9. The number of rotatable bonds is 4. The van der Waals surface area contributed by atoms with E-state index in [9.17, 15) is 4.79 Å². The van der Waals surface area contributed by atoms with Crippen molar-refractivity contribution in [2.24, 2.45) is 5.92 Å². The Hall–Kier alpha value is -0.610. The van der Waals surface area contributed by atoms with E-state index < -0.39 is 0 Å². The average Bonchev–Trinajstić information content (AvgIpc) is 2.89. The van der Waals surface area contributed by atoms with Crippen LogP contribution in [0.5, 0.6) is 0 Å². The van der Waals surface area contributed by atoms with Crippen LogP contribution in [0.25, 0.3) is 0 Å². The summed E-state index contributed by atoms with van der Waals surface area (Å²) in [5.41, 5.74) is 0. The van der Waals surface area contributed by atoms with E-state index in [1.807, 2.05) is 4.90 Å². The van der Waals surface area contributed by atoms with E-state index in [-0.39, 0.29) is 12.5 Å². The molecule has 1 aliphatic heterocycles. The molecule has 98 valence electrons. The molecule has 0 spiro atoms. The van der Waals surface area contributed by atoms with Gasteiger partial charge in [0.25, 0.3) is 0 Å². The SMILES string of the molecule is O=C(CNC1CCCC1)N1CCCC(CO)C1. The van der Waals surface area contributed by atoms with Crippen LogP contribution in [0.1, 0.15) is 38.5 Å². The summed E-state index contributed by atoms with van der Waals surface area (Å²) in [5.74, 6) is 0.495. The molecule has 0 aromatic carbocycles. The zero-order chi connectivity index (χ0) is 12.1. The fourth-order valence-electron chi connectivity index (χ4n) is 2.91. The van der Waals surface area contributed by atoms with Gasteiger partial charge in [0.15, 0.2) is 0 Å². The van der Waals surface area contributed by atoms with Crippen molar-refractivity contribution < 1.29 is 9.90 Å². The lowest BCUT2D eigenvalue weighted by atomic mass is 9.99. The van der Waals surface area contributed by atoms with Crippen LogP contribution in [-0.2, 0) is 4.79 Å². The molecule has 1 atom stereocenters. The van der Waals surface area contributed by atoms with Gasteiger partial charge in [0.1, 0.15) is 0 Å². The van der Waals surface area contributed by atoms with E-state index in [0.29, 0.717) is 18.5 Å². The third-order valence-corrected chi connectivity index (χ3v) is 4.03. The first-order chi connectivity index (χ1) is 8.29. The second-order valence-electron chi connectivity index (χ2n) is 5.39. The molecule has 1 amide bonds. The normalized spacial score (nSPS) is 26.4. The maximum Gasteiger partial charge on any atom is 0.236 e. The Morgan fingerprint density at radius 3 is 2.71 bits per heavy atom. The topological polar surface area (TPSA) is 52.6 Å². The van der Waals surface area contributed by atoms with Crippen molar-refractivity contribution in [3.63, 3.8) is 0 Å². The highest BCUT2D eigenvalue weighted by molar-refractivity contribution is 5.78. The first kappa shape index (κ1) is 12.8. The quantitative estimate of drug-likeness (QED) is 0.762. The molecule has 1 unspecified atom stereocenters. The molecule has 1 aliphatic carbocycles. The fraction of sp³-hybridized carbons (Fsp3) is 0.923. The van der Waals surface area contributed by atoms with E-state index >= 15 is 0 Å². The summed E-state index contributed by atoms with van der Waals surface area (Å²) in [6.07, 6.45) is 7.10. The van der Waals surface area contributed by atoms with E-state index in [1.165, 1.54) is 25.7 Å². The highest BCUT2D eigenvalue weighted by Gasteiger charge is 2.23. The van der Waals surface area contributed by atoms with Gasteiger partial charge in [-0.15, -0.1) is 0 Å². The van der Waals surface area contributed by atoms with Gasteiger partial charge in [-0.1, -0.05) is 12.8 Å². The second-order valence-corrected chi connectivity index (χ2v) is 5.39. The van der Waals surface area contributed by atoms with Crippen molar-refractivity contribution in [3.05, 3.63) is 0 Å². The summed E-state index contributed by atoms with van der Waals surface area (Å²) < 4.78 is 0. The summed E-state index contributed by atoms with van der Waals surface area (Å²) >= 11 is 0.